The molecule has 0 aromatic carbocycles. The highest BCUT2D eigenvalue weighted by Crippen LogP contribution is 2.27. The van der Waals surface area contributed by atoms with E-state index in [0.29, 0.717) is 12.2 Å². The number of thiazole rings is 1. The van der Waals surface area contributed by atoms with Gasteiger partial charge in [0.2, 0.25) is 0 Å². The molecule has 110 valence electrons. The fourth-order valence-electron chi connectivity index (χ4n) is 1.87. The molecule has 0 fully saturated rings. The molecule has 19 heavy (non-hydrogen) atoms. The second kappa shape index (κ2) is 6.05. The molecule has 8 heteroatoms. The maximum atomic E-state index is 12.2. The predicted molar refractivity (Wildman–Crippen MR) is 79.4 cm³/mol. The largest absolute Gasteiger partial charge is 0.309 e. The van der Waals surface area contributed by atoms with Gasteiger partial charge in [0.05, 0.1) is 5.69 Å². The highest BCUT2D eigenvalue weighted by atomic mass is 35.5. The van der Waals surface area contributed by atoms with E-state index in [1.165, 1.54) is 0 Å². The summed E-state index contributed by atoms with van der Waals surface area (Å²) >= 11 is 6.72. The zero-order valence-corrected chi connectivity index (χ0v) is 14.2. The second-order valence-corrected chi connectivity index (χ2v) is 9.11. The minimum Gasteiger partial charge on any atom is -0.309 e. The van der Waals surface area contributed by atoms with E-state index >= 15 is 0 Å². The van der Waals surface area contributed by atoms with Crippen molar-refractivity contribution in [2.45, 2.75) is 25.0 Å². The summed E-state index contributed by atoms with van der Waals surface area (Å²) in [6, 6.07) is 0. The number of aryl methyl sites for hydroxylation is 1. The Morgan fingerprint density at radius 3 is 2.42 bits per heavy atom. The van der Waals surface area contributed by atoms with Gasteiger partial charge >= 0.3 is 0 Å². The van der Waals surface area contributed by atoms with E-state index in [9.17, 15) is 8.42 Å². The van der Waals surface area contributed by atoms with Crippen molar-refractivity contribution in [3.05, 3.63) is 10.2 Å². The van der Waals surface area contributed by atoms with Gasteiger partial charge in [0.15, 0.2) is 8.68 Å². The van der Waals surface area contributed by atoms with Crippen LogP contribution in [0.25, 0.3) is 0 Å². The van der Waals surface area contributed by atoms with Crippen LogP contribution in [0.2, 0.25) is 4.47 Å². The quantitative estimate of drug-likeness (QED) is 0.868. The third-order valence-corrected chi connectivity index (χ3v) is 5.73. The van der Waals surface area contributed by atoms with E-state index in [0.717, 1.165) is 17.9 Å². The van der Waals surface area contributed by atoms with Gasteiger partial charge in [-0.05, 0) is 26.4 Å². The van der Waals surface area contributed by atoms with E-state index in [2.05, 4.69) is 9.71 Å². The lowest BCUT2D eigenvalue weighted by atomic mass is 9.93. The summed E-state index contributed by atoms with van der Waals surface area (Å²) in [4.78, 5) is 5.96. The Bertz CT molecular complexity index is 538. The lowest BCUT2D eigenvalue weighted by Gasteiger charge is -2.28. The molecule has 0 unspecified atom stereocenters. The summed E-state index contributed by atoms with van der Waals surface area (Å²) in [5.74, 6) is 0. The molecule has 0 aliphatic heterocycles. The Kier molecular flexibility index (Phi) is 5.36. The highest BCUT2D eigenvalue weighted by molar-refractivity contribution is 7.91. The Hall–Kier alpha value is -0.210. The van der Waals surface area contributed by atoms with Crippen molar-refractivity contribution < 1.29 is 8.42 Å². The van der Waals surface area contributed by atoms with Crippen molar-refractivity contribution in [2.75, 3.05) is 27.2 Å². The smallest absolute Gasteiger partial charge is 0.252 e. The fourth-order valence-corrected chi connectivity index (χ4v) is 4.89. The average Bonchev–Trinajstić information content (AvgIpc) is 2.54. The topological polar surface area (TPSA) is 62.3 Å². The van der Waals surface area contributed by atoms with E-state index in [1.807, 2.05) is 32.8 Å². The number of aromatic nitrogens is 1. The average molecular weight is 326 g/mol. The van der Waals surface area contributed by atoms with Crippen molar-refractivity contribution in [3.8, 4) is 0 Å². The van der Waals surface area contributed by atoms with Gasteiger partial charge in [-0.1, -0.05) is 36.8 Å². The summed E-state index contributed by atoms with van der Waals surface area (Å²) in [5, 5.41) is 0. The summed E-state index contributed by atoms with van der Waals surface area (Å²) in [6.45, 7) is 6.83. The Balaban J connectivity index is 2.79. The van der Waals surface area contributed by atoms with Gasteiger partial charge in [-0.3, -0.25) is 0 Å². The van der Waals surface area contributed by atoms with Crippen LogP contribution in [0.5, 0.6) is 0 Å². The molecule has 0 bridgehead atoms. The Morgan fingerprint density at radius 1 is 1.42 bits per heavy atom. The fraction of sp³-hybridized carbons (Fsp3) is 0.727. The third kappa shape index (κ3) is 5.00. The van der Waals surface area contributed by atoms with Crippen molar-refractivity contribution >= 4 is 33.0 Å². The zero-order chi connectivity index (χ0) is 14.8. The second-order valence-electron chi connectivity index (χ2n) is 5.57. The molecule has 0 radical (unpaired) electrons. The molecule has 5 nitrogen and oxygen atoms in total. The molecule has 0 saturated carbocycles. The normalized spacial score (nSPS) is 13.2. The number of nitrogens with zero attached hydrogens (tertiary/aromatic N) is 2. The number of rotatable bonds is 6. The van der Waals surface area contributed by atoms with Crippen LogP contribution in [0.4, 0.5) is 0 Å². The molecule has 1 rings (SSSR count). The maximum absolute atomic E-state index is 12.2. The van der Waals surface area contributed by atoms with Crippen LogP contribution in [-0.4, -0.2) is 45.5 Å². The van der Waals surface area contributed by atoms with Gasteiger partial charge in [-0.2, -0.15) is 0 Å². The van der Waals surface area contributed by atoms with E-state index in [1.54, 1.807) is 6.92 Å². The number of sulfonamides is 1. The first-order valence-corrected chi connectivity index (χ1v) is 8.48. The summed E-state index contributed by atoms with van der Waals surface area (Å²) in [5.41, 5.74) is 0.284. The van der Waals surface area contributed by atoms with Crippen LogP contribution in [0.3, 0.4) is 0 Å². The van der Waals surface area contributed by atoms with E-state index < -0.39 is 10.0 Å². The monoisotopic (exact) mass is 325 g/mol. The third-order valence-electron chi connectivity index (χ3n) is 2.46. The Labute approximate surface area is 124 Å². The van der Waals surface area contributed by atoms with Crippen LogP contribution in [0.1, 0.15) is 19.5 Å². The van der Waals surface area contributed by atoms with Crippen LogP contribution in [-0.2, 0) is 10.0 Å². The highest BCUT2D eigenvalue weighted by Gasteiger charge is 2.26. The van der Waals surface area contributed by atoms with Gasteiger partial charge in [-0.25, -0.2) is 18.1 Å². The lowest BCUT2D eigenvalue weighted by molar-refractivity contribution is 0.242. The zero-order valence-electron chi connectivity index (χ0n) is 11.8. The van der Waals surface area contributed by atoms with Gasteiger partial charge in [0.25, 0.3) is 10.0 Å². The van der Waals surface area contributed by atoms with Crippen LogP contribution in [0, 0.1) is 12.3 Å². The van der Waals surface area contributed by atoms with Crippen molar-refractivity contribution in [1.82, 2.24) is 14.6 Å². The first-order valence-electron chi connectivity index (χ1n) is 5.81. The van der Waals surface area contributed by atoms with Gasteiger partial charge < -0.3 is 4.90 Å². The lowest BCUT2D eigenvalue weighted by Crippen LogP contribution is -2.39. The van der Waals surface area contributed by atoms with Gasteiger partial charge in [0.1, 0.15) is 0 Å². The number of halogens is 1. The SMILES string of the molecule is Cc1nc(Cl)sc1S(=O)(=O)NCC(C)(C)CN(C)C. The predicted octanol–water partition coefficient (Wildman–Crippen LogP) is 1.97. The summed E-state index contributed by atoms with van der Waals surface area (Å²) in [6.07, 6.45) is 0. The molecule has 1 N–H and O–H groups in total. The Morgan fingerprint density at radius 2 is 2.00 bits per heavy atom. The summed E-state index contributed by atoms with van der Waals surface area (Å²) in [7, 11) is 0.387. The van der Waals surface area contributed by atoms with Crippen LogP contribution < -0.4 is 4.72 Å². The van der Waals surface area contributed by atoms with Crippen molar-refractivity contribution in [2.24, 2.45) is 5.41 Å². The molecule has 0 aliphatic rings. The van der Waals surface area contributed by atoms with Crippen LogP contribution >= 0.6 is 22.9 Å². The number of hydrogen-bond acceptors (Lipinski definition) is 5. The van der Waals surface area contributed by atoms with Crippen molar-refractivity contribution in [1.29, 1.82) is 0 Å². The van der Waals surface area contributed by atoms with E-state index in [4.69, 9.17) is 11.6 Å². The van der Waals surface area contributed by atoms with Crippen LogP contribution in [0.15, 0.2) is 4.21 Å². The number of hydrogen-bond donors (Lipinski definition) is 1. The molecule has 1 aromatic rings. The molecular formula is C11H20ClN3O2S2. The minimum atomic E-state index is -3.54. The first kappa shape index (κ1) is 16.8. The molecule has 0 atom stereocenters. The molecule has 0 aliphatic carbocycles. The number of nitrogens with one attached hydrogen (secondary N) is 1. The molecular weight excluding hydrogens is 306 g/mol. The van der Waals surface area contributed by atoms with Gasteiger partial charge in [0, 0.05) is 13.1 Å². The molecule has 0 spiro atoms. The maximum Gasteiger partial charge on any atom is 0.252 e. The molecule has 0 saturated heterocycles. The van der Waals surface area contributed by atoms with Crippen molar-refractivity contribution in [3.63, 3.8) is 0 Å². The standard InChI is InChI=1S/C11H20ClN3O2S2/c1-8-9(18-10(12)14-8)19(16,17)13-6-11(2,3)7-15(4)5/h13H,6-7H2,1-5H3. The molecule has 1 heterocycles. The molecule has 1 aromatic heterocycles. The first-order chi connectivity index (χ1) is 8.53. The summed E-state index contributed by atoms with van der Waals surface area (Å²) < 4.78 is 27.4. The molecule has 0 amide bonds. The minimum absolute atomic E-state index is 0.154. The van der Waals surface area contributed by atoms with Gasteiger partial charge in [-0.15, -0.1) is 0 Å². The van der Waals surface area contributed by atoms with E-state index in [-0.39, 0.29) is 14.1 Å².